The zero-order valence-electron chi connectivity index (χ0n) is 6.84. The molecule has 0 atom stereocenters. The first kappa shape index (κ1) is 11.0. The van der Waals surface area contributed by atoms with Crippen LogP contribution < -0.4 is 0 Å². The van der Waals surface area contributed by atoms with Crippen molar-refractivity contribution in [2.24, 2.45) is 0 Å². The molecule has 0 saturated heterocycles. The number of nitriles is 1. The Bertz CT molecular complexity index is 390. The Morgan fingerprint density at radius 2 is 2.29 bits per heavy atom. The fourth-order valence-corrected chi connectivity index (χ4v) is 1.55. The third-order valence-corrected chi connectivity index (χ3v) is 2.29. The van der Waals surface area contributed by atoms with Gasteiger partial charge in [-0.15, -0.1) is 0 Å². The van der Waals surface area contributed by atoms with Crippen LogP contribution in [0.5, 0.6) is 0 Å². The van der Waals surface area contributed by atoms with Crippen molar-refractivity contribution in [3.8, 4) is 6.07 Å². The Hall–Kier alpha value is -1.06. The van der Waals surface area contributed by atoms with E-state index in [9.17, 15) is 8.78 Å². The van der Waals surface area contributed by atoms with Gasteiger partial charge in [0.05, 0.1) is 6.61 Å². The SMILES string of the molecule is N#Cc1ncc(Br)c(C(F)F)c1CO. The molecule has 1 N–H and O–H groups in total. The lowest BCUT2D eigenvalue weighted by molar-refractivity contribution is 0.146. The number of nitrogens with zero attached hydrogens (tertiary/aromatic N) is 2. The molecule has 0 amide bonds. The molecule has 0 radical (unpaired) electrons. The van der Waals surface area contributed by atoms with E-state index >= 15 is 0 Å². The standard InChI is InChI=1S/C8H5BrF2N2O/c9-5-2-13-6(1-12)4(3-14)7(5)8(10)11/h2,8,14H,3H2. The van der Waals surface area contributed by atoms with Crippen molar-refractivity contribution in [2.45, 2.75) is 13.0 Å². The van der Waals surface area contributed by atoms with Gasteiger partial charge in [-0.1, -0.05) is 0 Å². The van der Waals surface area contributed by atoms with E-state index in [0.717, 1.165) is 6.20 Å². The summed E-state index contributed by atoms with van der Waals surface area (Å²) in [6.07, 6.45) is -1.62. The van der Waals surface area contributed by atoms with Crippen molar-refractivity contribution < 1.29 is 13.9 Å². The van der Waals surface area contributed by atoms with Gasteiger partial charge in [0.1, 0.15) is 11.8 Å². The number of rotatable bonds is 2. The number of pyridine rings is 1. The summed E-state index contributed by atoms with van der Waals surface area (Å²) in [6.45, 7) is -0.630. The summed E-state index contributed by atoms with van der Waals surface area (Å²) in [4.78, 5) is 3.61. The number of aliphatic hydroxyl groups excluding tert-OH is 1. The highest BCUT2D eigenvalue weighted by molar-refractivity contribution is 9.10. The van der Waals surface area contributed by atoms with Gasteiger partial charge in [-0.25, -0.2) is 13.8 Å². The molecule has 0 unspecified atom stereocenters. The van der Waals surface area contributed by atoms with E-state index in [1.807, 2.05) is 0 Å². The normalized spacial score (nSPS) is 10.3. The van der Waals surface area contributed by atoms with Gasteiger partial charge >= 0.3 is 0 Å². The number of alkyl halides is 2. The van der Waals surface area contributed by atoms with Gasteiger partial charge in [0.25, 0.3) is 6.43 Å². The molecule has 1 aromatic heterocycles. The lowest BCUT2D eigenvalue weighted by Gasteiger charge is -2.09. The van der Waals surface area contributed by atoms with Crippen LogP contribution >= 0.6 is 15.9 Å². The molecule has 1 rings (SSSR count). The number of aliphatic hydroxyl groups is 1. The highest BCUT2D eigenvalue weighted by Gasteiger charge is 2.20. The van der Waals surface area contributed by atoms with Crippen LogP contribution in [0, 0.1) is 11.3 Å². The fourth-order valence-electron chi connectivity index (χ4n) is 1.03. The highest BCUT2D eigenvalue weighted by atomic mass is 79.9. The first-order valence-electron chi connectivity index (χ1n) is 3.58. The molecule has 6 heteroatoms. The Balaban J connectivity index is 3.45. The molecular formula is C8H5BrF2N2O. The number of hydrogen-bond acceptors (Lipinski definition) is 3. The molecule has 14 heavy (non-hydrogen) atoms. The van der Waals surface area contributed by atoms with Crippen LogP contribution in [0.3, 0.4) is 0 Å². The Kier molecular flexibility index (Phi) is 3.49. The molecule has 74 valence electrons. The zero-order valence-corrected chi connectivity index (χ0v) is 8.42. The van der Waals surface area contributed by atoms with Crippen LogP contribution in [0.4, 0.5) is 8.78 Å². The molecule has 0 fully saturated rings. The maximum Gasteiger partial charge on any atom is 0.265 e. The smallest absolute Gasteiger partial charge is 0.265 e. The largest absolute Gasteiger partial charge is 0.392 e. The summed E-state index contributed by atoms with van der Waals surface area (Å²) in [7, 11) is 0. The second-order valence-electron chi connectivity index (χ2n) is 2.42. The number of halogens is 3. The summed E-state index contributed by atoms with van der Waals surface area (Å²) in [5.74, 6) is 0. The second kappa shape index (κ2) is 4.44. The zero-order chi connectivity index (χ0) is 10.7. The van der Waals surface area contributed by atoms with Crippen molar-refractivity contribution >= 4 is 15.9 Å². The van der Waals surface area contributed by atoms with Crippen molar-refractivity contribution in [2.75, 3.05) is 0 Å². The molecule has 3 nitrogen and oxygen atoms in total. The van der Waals surface area contributed by atoms with E-state index in [0.29, 0.717) is 0 Å². The summed E-state index contributed by atoms with van der Waals surface area (Å²) in [6, 6.07) is 1.64. The maximum absolute atomic E-state index is 12.5. The number of aromatic nitrogens is 1. The average Bonchev–Trinajstić information content (AvgIpc) is 2.16. The van der Waals surface area contributed by atoms with E-state index in [1.54, 1.807) is 6.07 Å². The Morgan fingerprint density at radius 1 is 1.64 bits per heavy atom. The van der Waals surface area contributed by atoms with Crippen LogP contribution in [0.1, 0.15) is 23.2 Å². The summed E-state index contributed by atoms with van der Waals surface area (Å²) in [5, 5.41) is 17.4. The van der Waals surface area contributed by atoms with Crippen molar-refractivity contribution in [1.82, 2.24) is 4.98 Å². The van der Waals surface area contributed by atoms with Crippen molar-refractivity contribution in [3.05, 3.63) is 27.5 Å². The second-order valence-corrected chi connectivity index (χ2v) is 3.27. The molecule has 0 aliphatic carbocycles. The van der Waals surface area contributed by atoms with Gasteiger partial charge < -0.3 is 5.11 Å². The van der Waals surface area contributed by atoms with Crippen LogP contribution in [-0.4, -0.2) is 10.1 Å². The quantitative estimate of drug-likeness (QED) is 0.889. The lowest BCUT2D eigenvalue weighted by atomic mass is 10.1. The highest BCUT2D eigenvalue weighted by Crippen LogP contribution is 2.31. The van der Waals surface area contributed by atoms with Gasteiger partial charge in [-0.05, 0) is 15.9 Å². The molecule has 1 heterocycles. The Morgan fingerprint density at radius 3 is 2.71 bits per heavy atom. The molecule has 0 bridgehead atoms. The fraction of sp³-hybridized carbons (Fsp3) is 0.250. The first-order chi connectivity index (χ1) is 6.61. The van der Waals surface area contributed by atoms with E-state index in [4.69, 9.17) is 10.4 Å². The van der Waals surface area contributed by atoms with E-state index < -0.39 is 13.0 Å². The number of hydrogen-bond donors (Lipinski definition) is 1. The van der Waals surface area contributed by atoms with E-state index in [2.05, 4.69) is 20.9 Å². The van der Waals surface area contributed by atoms with Gasteiger partial charge in [0.15, 0.2) is 0 Å². The van der Waals surface area contributed by atoms with Gasteiger partial charge in [0.2, 0.25) is 0 Å². The third-order valence-electron chi connectivity index (χ3n) is 1.66. The monoisotopic (exact) mass is 262 g/mol. The molecule has 1 aromatic rings. The minimum Gasteiger partial charge on any atom is -0.392 e. The third kappa shape index (κ3) is 1.89. The van der Waals surface area contributed by atoms with Crippen molar-refractivity contribution in [3.63, 3.8) is 0 Å². The average molecular weight is 263 g/mol. The first-order valence-corrected chi connectivity index (χ1v) is 4.37. The minimum atomic E-state index is -2.75. The van der Waals surface area contributed by atoms with Crippen molar-refractivity contribution in [1.29, 1.82) is 5.26 Å². The predicted octanol–water partition coefficient (Wildman–Crippen LogP) is 2.15. The molecule has 0 aromatic carbocycles. The minimum absolute atomic E-state index is 0.0931. The topological polar surface area (TPSA) is 56.9 Å². The molecular weight excluding hydrogens is 258 g/mol. The van der Waals surface area contributed by atoms with Crippen LogP contribution in [0.15, 0.2) is 10.7 Å². The Labute approximate surface area is 87.1 Å². The lowest BCUT2D eigenvalue weighted by Crippen LogP contribution is -2.02. The summed E-state index contributed by atoms with van der Waals surface area (Å²) >= 11 is 2.89. The maximum atomic E-state index is 12.5. The van der Waals surface area contributed by atoms with Gasteiger partial charge in [-0.3, -0.25) is 0 Å². The van der Waals surface area contributed by atoms with Crippen LogP contribution in [0.25, 0.3) is 0 Å². The molecule has 0 aliphatic rings. The van der Waals surface area contributed by atoms with E-state index in [-0.39, 0.29) is 21.3 Å². The summed E-state index contributed by atoms with van der Waals surface area (Å²) in [5.41, 5.74) is -0.679. The van der Waals surface area contributed by atoms with Crippen LogP contribution in [-0.2, 0) is 6.61 Å². The molecule has 0 aliphatic heterocycles. The molecule has 0 saturated carbocycles. The van der Waals surface area contributed by atoms with Crippen LogP contribution in [0.2, 0.25) is 0 Å². The summed E-state index contributed by atoms with van der Waals surface area (Å²) < 4.78 is 25.1. The van der Waals surface area contributed by atoms with Gasteiger partial charge in [-0.2, -0.15) is 5.26 Å². The molecule has 0 spiro atoms. The van der Waals surface area contributed by atoms with E-state index in [1.165, 1.54) is 0 Å². The van der Waals surface area contributed by atoms with Gasteiger partial charge in [0, 0.05) is 21.8 Å². The predicted molar refractivity (Wildman–Crippen MR) is 47.5 cm³/mol.